The van der Waals surface area contributed by atoms with Crippen LogP contribution in [0.25, 0.3) is 10.1 Å². The van der Waals surface area contributed by atoms with Gasteiger partial charge in [0.1, 0.15) is 0 Å². The molecule has 2 amide bonds. The summed E-state index contributed by atoms with van der Waals surface area (Å²) in [7, 11) is 0. The summed E-state index contributed by atoms with van der Waals surface area (Å²) in [6.07, 6.45) is 0.262. The standard InChI is InChI=1S/C22H23ClN2O3S/c1-22(2,3)20(13-4-6-14(7-5-13)21(27)25-28)24-19(26)10-15-12-29-18-9-8-16(23)11-17(15)18/h4-9,11-12,20,28H,10H2,1-3H3,(H,24,26)(H,25,27). The van der Waals surface area contributed by atoms with E-state index in [1.54, 1.807) is 41.1 Å². The van der Waals surface area contributed by atoms with Gasteiger partial charge < -0.3 is 5.32 Å². The van der Waals surface area contributed by atoms with Crippen molar-refractivity contribution in [3.8, 4) is 0 Å². The van der Waals surface area contributed by atoms with Gasteiger partial charge >= 0.3 is 0 Å². The molecule has 0 saturated heterocycles. The molecular weight excluding hydrogens is 408 g/mol. The van der Waals surface area contributed by atoms with Crippen LogP contribution in [0, 0.1) is 5.41 Å². The summed E-state index contributed by atoms with van der Waals surface area (Å²) in [6.45, 7) is 6.14. The van der Waals surface area contributed by atoms with E-state index in [2.05, 4.69) is 5.32 Å². The SMILES string of the molecule is CC(C)(C)C(NC(=O)Cc1csc2ccc(Cl)cc12)c1ccc(C(=O)NO)cc1. The highest BCUT2D eigenvalue weighted by atomic mass is 35.5. The van der Waals surface area contributed by atoms with Gasteiger partial charge in [0.05, 0.1) is 12.5 Å². The molecule has 7 heteroatoms. The maximum Gasteiger partial charge on any atom is 0.274 e. The lowest BCUT2D eigenvalue weighted by Crippen LogP contribution is -2.37. The monoisotopic (exact) mass is 430 g/mol. The number of halogens is 1. The maximum atomic E-state index is 12.9. The van der Waals surface area contributed by atoms with E-state index in [1.165, 1.54) is 0 Å². The largest absolute Gasteiger partial charge is 0.348 e. The van der Waals surface area contributed by atoms with Gasteiger partial charge in [-0.15, -0.1) is 11.3 Å². The predicted octanol–water partition coefficient (Wildman–Crippen LogP) is 5.12. The summed E-state index contributed by atoms with van der Waals surface area (Å²) < 4.78 is 1.10. The molecule has 3 N–H and O–H groups in total. The molecular formula is C22H23ClN2O3S. The van der Waals surface area contributed by atoms with Crippen LogP contribution in [0.1, 0.15) is 48.3 Å². The van der Waals surface area contributed by atoms with E-state index >= 15 is 0 Å². The van der Waals surface area contributed by atoms with Crippen LogP contribution >= 0.6 is 22.9 Å². The normalized spacial score (nSPS) is 12.6. The lowest BCUT2D eigenvalue weighted by molar-refractivity contribution is -0.122. The summed E-state index contributed by atoms with van der Waals surface area (Å²) in [6, 6.07) is 12.3. The Bertz CT molecular complexity index is 1040. The number of hydroxylamine groups is 1. The Balaban J connectivity index is 1.80. The van der Waals surface area contributed by atoms with Gasteiger partial charge in [-0.1, -0.05) is 44.5 Å². The molecule has 1 atom stereocenters. The minimum absolute atomic E-state index is 0.0817. The fourth-order valence-corrected chi connectivity index (χ4v) is 4.38. The highest BCUT2D eigenvalue weighted by Gasteiger charge is 2.28. The lowest BCUT2D eigenvalue weighted by atomic mass is 9.82. The zero-order chi connectivity index (χ0) is 21.2. The third kappa shape index (κ3) is 4.96. The molecule has 0 saturated carbocycles. The molecule has 152 valence electrons. The molecule has 0 aliphatic rings. The number of benzene rings is 2. The fraction of sp³-hybridized carbons (Fsp3) is 0.273. The second-order valence-electron chi connectivity index (χ2n) is 8.01. The van der Waals surface area contributed by atoms with Crippen LogP contribution in [-0.4, -0.2) is 17.0 Å². The van der Waals surface area contributed by atoms with E-state index < -0.39 is 5.91 Å². The smallest absolute Gasteiger partial charge is 0.274 e. The van der Waals surface area contributed by atoms with Crippen LogP contribution in [0.3, 0.4) is 0 Å². The quantitative estimate of drug-likeness (QED) is 0.388. The summed E-state index contributed by atoms with van der Waals surface area (Å²) in [4.78, 5) is 24.4. The van der Waals surface area contributed by atoms with E-state index in [4.69, 9.17) is 16.8 Å². The molecule has 2 aromatic carbocycles. The molecule has 3 aromatic rings. The maximum absolute atomic E-state index is 12.9. The number of fused-ring (bicyclic) bond motifs is 1. The second-order valence-corrected chi connectivity index (χ2v) is 9.36. The van der Waals surface area contributed by atoms with E-state index in [1.807, 2.05) is 44.4 Å². The third-order valence-electron chi connectivity index (χ3n) is 4.75. The molecule has 29 heavy (non-hydrogen) atoms. The van der Waals surface area contributed by atoms with E-state index in [9.17, 15) is 9.59 Å². The first-order valence-corrected chi connectivity index (χ1v) is 10.4. The average molecular weight is 431 g/mol. The van der Waals surface area contributed by atoms with Crippen LogP contribution < -0.4 is 10.8 Å². The van der Waals surface area contributed by atoms with Gasteiger partial charge in [0.15, 0.2) is 0 Å². The van der Waals surface area contributed by atoms with Gasteiger partial charge in [-0.25, -0.2) is 5.48 Å². The molecule has 1 unspecified atom stereocenters. The van der Waals surface area contributed by atoms with Crippen LogP contribution in [0.15, 0.2) is 47.8 Å². The number of hydrogen-bond acceptors (Lipinski definition) is 4. The van der Waals surface area contributed by atoms with Crippen molar-refractivity contribution in [2.24, 2.45) is 5.41 Å². The summed E-state index contributed by atoms with van der Waals surface area (Å²) >= 11 is 7.71. The Labute approximate surface area is 178 Å². The van der Waals surface area contributed by atoms with E-state index in [0.29, 0.717) is 10.6 Å². The molecule has 0 bridgehead atoms. The minimum atomic E-state index is -0.573. The van der Waals surface area contributed by atoms with Gasteiger partial charge in [0, 0.05) is 15.3 Å². The third-order valence-corrected chi connectivity index (χ3v) is 5.99. The topological polar surface area (TPSA) is 78.4 Å². The van der Waals surface area contributed by atoms with E-state index in [-0.39, 0.29) is 23.8 Å². The van der Waals surface area contributed by atoms with Gasteiger partial charge in [0.2, 0.25) is 5.91 Å². The zero-order valence-electron chi connectivity index (χ0n) is 16.5. The number of rotatable bonds is 5. The summed E-state index contributed by atoms with van der Waals surface area (Å²) in [5.41, 5.74) is 3.56. The zero-order valence-corrected chi connectivity index (χ0v) is 18.0. The van der Waals surface area contributed by atoms with Crippen LogP contribution in [0.5, 0.6) is 0 Å². The molecule has 0 aliphatic carbocycles. The van der Waals surface area contributed by atoms with Crippen molar-refractivity contribution in [2.45, 2.75) is 33.2 Å². The Morgan fingerprint density at radius 3 is 2.45 bits per heavy atom. The summed E-state index contributed by atoms with van der Waals surface area (Å²) in [5.74, 6) is -0.655. The predicted molar refractivity (Wildman–Crippen MR) is 117 cm³/mol. The number of amides is 2. The number of nitrogens with one attached hydrogen (secondary N) is 2. The van der Waals surface area contributed by atoms with Crippen molar-refractivity contribution in [3.05, 3.63) is 69.6 Å². The molecule has 0 spiro atoms. The highest BCUT2D eigenvalue weighted by molar-refractivity contribution is 7.17. The number of thiophene rings is 1. The second kappa shape index (κ2) is 8.53. The molecule has 1 heterocycles. The fourth-order valence-electron chi connectivity index (χ4n) is 3.27. The number of carbonyl (C=O) groups excluding carboxylic acids is 2. The molecule has 0 radical (unpaired) electrons. The average Bonchev–Trinajstić information content (AvgIpc) is 3.06. The molecule has 5 nitrogen and oxygen atoms in total. The van der Waals surface area contributed by atoms with Crippen molar-refractivity contribution >= 4 is 44.8 Å². The molecule has 0 aliphatic heterocycles. The first-order chi connectivity index (χ1) is 13.7. The first kappa shape index (κ1) is 21.3. The lowest BCUT2D eigenvalue weighted by Gasteiger charge is -2.32. The first-order valence-electron chi connectivity index (χ1n) is 9.18. The minimum Gasteiger partial charge on any atom is -0.348 e. The Morgan fingerprint density at radius 1 is 1.14 bits per heavy atom. The van der Waals surface area contributed by atoms with Gasteiger partial charge in [-0.2, -0.15) is 0 Å². The number of hydrogen-bond donors (Lipinski definition) is 3. The van der Waals surface area contributed by atoms with Gasteiger partial charge in [-0.05, 0) is 57.6 Å². The van der Waals surface area contributed by atoms with Crippen molar-refractivity contribution in [1.29, 1.82) is 0 Å². The van der Waals surface area contributed by atoms with Crippen molar-refractivity contribution in [2.75, 3.05) is 0 Å². The Morgan fingerprint density at radius 2 is 1.83 bits per heavy atom. The Kier molecular flexibility index (Phi) is 6.27. The van der Waals surface area contributed by atoms with Crippen molar-refractivity contribution in [1.82, 2.24) is 10.8 Å². The van der Waals surface area contributed by atoms with Crippen LogP contribution in [0.2, 0.25) is 5.02 Å². The van der Waals surface area contributed by atoms with Crippen LogP contribution in [-0.2, 0) is 11.2 Å². The Hall–Kier alpha value is -2.41. The van der Waals surface area contributed by atoms with Crippen LogP contribution in [0.4, 0.5) is 0 Å². The summed E-state index contributed by atoms with van der Waals surface area (Å²) in [5, 5.41) is 15.6. The molecule has 0 fully saturated rings. The van der Waals surface area contributed by atoms with Gasteiger partial charge in [-0.3, -0.25) is 14.8 Å². The van der Waals surface area contributed by atoms with E-state index in [0.717, 1.165) is 21.2 Å². The molecule has 1 aromatic heterocycles. The number of carbonyl (C=O) groups is 2. The highest BCUT2D eigenvalue weighted by Crippen LogP contribution is 2.34. The van der Waals surface area contributed by atoms with Crippen molar-refractivity contribution < 1.29 is 14.8 Å². The molecule has 3 rings (SSSR count). The van der Waals surface area contributed by atoms with Crippen molar-refractivity contribution in [3.63, 3.8) is 0 Å². The van der Waals surface area contributed by atoms with Gasteiger partial charge in [0.25, 0.3) is 5.91 Å².